The molecule has 0 saturated heterocycles. The molecule has 162 valence electrons. The van der Waals surface area contributed by atoms with Crippen LogP contribution in [0.4, 0.5) is 0 Å². The van der Waals surface area contributed by atoms with E-state index in [0.717, 1.165) is 16.7 Å². The Hall–Kier alpha value is -3.97. The Morgan fingerprint density at radius 1 is 0.906 bits per heavy atom. The zero-order chi connectivity index (χ0) is 22.8. The molecule has 0 bridgehead atoms. The van der Waals surface area contributed by atoms with Crippen molar-refractivity contribution in [3.63, 3.8) is 0 Å². The molecule has 7 heteroatoms. The van der Waals surface area contributed by atoms with Gasteiger partial charge in [0.2, 0.25) is 5.91 Å². The molecule has 0 saturated carbocycles. The summed E-state index contributed by atoms with van der Waals surface area (Å²) in [7, 11) is 0. The Balaban J connectivity index is 1.50. The predicted octanol–water partition coefficient (Wildman–Crippen LogP) is 3.92. The molecule has 0 unspecified atom stereocenters. The maximum absolute atomic E-state index is 12.6. The van der Waals surface area contributed by atoms with Crippen molar-refractivity contribution in [3.05, 3.63) is 107 Å². The zero-order valence-corrected chi connectivity index (χ0v) is 18.3. The maximum Gasteiger partial charge on any atom is 0.273 e. The Morgan fingerprint density at radius 3 is 2.34 bits per heavy atom. The monoisotopic (exact) mass is 445 g/mol. The van der Waals surface area contributed by atoms with Crippen LogP contribution in [0.15, 0.2) is 84.9 Å². The number of hydrogen-bond acceptors (Lipinski definition) is 4. The van der Waals surface area contributed by atoms with Crippen molar-refractivity contribution in [2.45, 2.75) is 13.5 Å². The number of aryl methyl sites for hydroxylation is 1. The van der Waals surface area contributed by atoms with Gasteiger partial charge < -0.3 is 4.74 Å². The molecule has 6 nitrogen and oxygen atoms in total. The van der Waals surface area contributed by atoms with Gasteiger partial charge in [0.05, 0.1) is 5.56 Å². The van der Waals surface area contributed by atoms with Crippen LogP contribution in [0.3, 0.4) is 0 Å². The molecule has 2 amide bonds. The lowest BCUT2D eigenvalue weighted by Crippen LogP contribution is -2.48. The first kappa shape index (κ1) is 22.7. The number of amides is 2. The highest BCUT2D eigenvalue weighted by Crippen LogP contribution is 2.19. The van der Waals surface area contributed by atoms with Crippen molar-refractivity contribution in [1.29, 1.82) is 0 Å². The summed E-state index contributed by atoms with van der Waals surface area (Å²) in [4.78, 5) is 24.6. The molecule has 0 spiro atoms. The van der Waals surface area contributed by atoms with Crippen molar-refractivity contribution >= 4 is 35.2 Å². The van der Waals surface area contributed by atoms with Gasteiger partial charge in [0.15, 0.2) is 5.11 Å². The van der Waals surface area contributed by atoms with E-state index in [9.17, 15) is 9.59 Å². The molecule has 0 aliphatic carbocycles. The number of thiocarbonyl (C=S) groups is 1. The Labute approximate surface area is 192 Å². The van der Waals surface area contributed by atoms with Gasteiger partial charge in [-0.05, 0) is 48.5 Å². The van der Waals surface area contributed by atoms with E-state index < -0.39 is 11.8 Å². The molecule has 3 rings (SSSR count). The summed E-state index contributed by atoms with van der Waals surface area (Å²) in [5, 5.41) is 2.45. The summed E-state index contributed by atoms with van der Waals surface area (Å²) in [5.41, 5.74) is 8.36. The fourth-order valence-electron chi connectivity index (χ4n) is 2.73. The molecule has 3 aromatic rings. The van der Waals surface area contributed by atoms with Crippen LogP contribution in [0.5, 0.6) is 5.75 Å². The smallest absolute Gasteiger partial charge is 0.273 e. The second-order valence-corrected chi connectivity index (χ2v) is 7.32. The van der Waals surface area contributed by atoms with Gasteiger partial charge in [-0.15, -0.1) is 0 Å². The molecular formula is C25H23N3O3S. The standard InChI is InChI=1S/C25H23N3O3S/c1-18-11-13-19(14-12-18)15-16-23(29)26-25(32)28-27-24(30)21-9-5-6-10-22(21)31-17-20-7-3-2-4-8-20/h2-16H,17H2,1H3,(H,27,30)(H2,26,28,29,32). The molecule has 32 heavy (non-hydrogen) atoms. The van der Waals surface area contributed by atoms with Crippen LogP contribution in [0.2, 0.25) is 0 Å². The summed E-state index contributed by atoms with van der Waals surface area (Å²) >= 11 is 5.07. The average Bonchev–Trinajstić information content (AvgIpc) is 2.81. The molecular weight excluding hydrogens is 422 g/mol. The number of carbonyl (C=O) groups excluding carboxylic acids is 2. The lowest BCUT2D eigenvalue weighted by molar-refractivity contribution is -0.115. The molecule has 0 aromatic heterocycles. The van der Waals surface area contributed by atoms with E-state index >= 15 is 0 Å². The van der Waals surface area contributed by atoms with Gasteiger partial charge in [0.25, 0.3) is 5.91 Å². The number of hydrogen-bond donors (Lipinski definition) is 3. The molecule has 0 aliphatic rings. The Kier molecular flexibility index (Phi) is 8.11. The number of benzene rings is 3. The quantitative estimate of drug-likeness (QED) is 0.304. The largest absolute Gasteiger partial charge is 0.488 e. The molecule has 3 N–H and O–H groups in total. The second kappa shape index (κ2) is 11.4. The number of carbonyl (C=O) groups is 2. The van der Waals surface area contributed by atoms with E-state index in [0.29, 0.717) is 17.9 Å². The van der Waals surface area contributed by atoms with Crippen LogP contribution in [0, 0.1) is 6.92 Å². The van der Waals surface area contributed by atoms with Gasteiger partial charge in [0.1, 0.15) is 12.4 Å². The minimum Gasteiger partial charge on any atom is -0.488 e. The van der Waals surface area contributed by atoms with Gasteiger partial charge >= 0.3 is 0 Å². The normalized spacial score (nSPS) is 10.4. The third-order valence-electron chi connectivity index (χ3n) is 4.40. The highest BCUT2D eigenvalue weighted by atomic mass is 32.1. The third kappa shape index (κ3) is 7.07. The minimum atomic E-state index is -0.444. The van der Waals surface area contributed by atoms with E-state index in [1.807, 2.05) is 61.5 Å². The first-order chi connectivity index (χ1) is 15.5. The van der Waals surface area contributed by atoms with E-state index in [1.54, 1.807) is 30.3 Å². The molecule has 0 heterocycles. The zero-order valence-electron chi connectivity index (χ0n) is 17.5. The first-order valence-electron chi connectivity index (χ1n) is 9.93. The van der Waals surface area contributed by atoms with E-state index in [4.69, 9.17) is 17.0 Å². The van der Waals surface area contributed by atoms with Crippen LogP contribution < -0.4 is 20.9 Å². The summed E-state index contributed by atoms with van der Waals surface area (Å²) in [6, 6.07) is 24.3. The number of hydrazine groups is 1. The summed E-state index contributed by atoms with van der Waals surface area (Å²) in [6.07, 6.45) is 3.05. The second-order valence-electron chi connectivity index (χ2n) is 6.91. The SMILES string of the molecule is Cc1ccc(C=CC(=O)NC(=S)NNC(=O)c2ccccc2OCc2ccccc2)cc1. The van der Waals surface area contributed by atoms with E-state index in [-0.39, 0.29) is 5.11 Å². The van der Waals surface area contributed by atoms with Crippen molar-refractivity contribution in [3.8, 4) is 5.75 Å². The highest BCUT2D eigenvalue weighted by Gasteiger charge is 2.12. The summed E-state index contributed by atoms with van der Waals surface area (Å²) in [5.74, 6) is -0.420. The van der Waals surface area contributed by atoms with Gasteiger partial charge in [-0.1, -0.05) is 72.3 Å². The van der Waals surface area contributed by atoms with Crippen molar-refractivity contribution < 1.29 is 14.3 Å². The van der Waals surface area contributed by atoms with E-state index in [2.05, 4.69) is 16.2 Å². The van der Waals surface area contributed by atoms with E-state index in [1.165, 1.54) is 6.08 Å². The van der Waals surface area contributed by atoms with Crippen molar-refractivity contribution in [2.75, 3.05) is 0 Å². The first-order valence-corrected chi connectivity index (χ1v) is 10.3. The third-order valence-corrected chi connectivity index (χ3v) is 4.60. The molecule has 0 fully saturated rings. The number of nitrogens with one attached hydrogen (secondary N) is 3. The molecule has 0 atom stereocenters. The van der Waals surface area contributed by atoms with Crippen LogP contribution in [-0.2, 0) is 11.4 Å². The van der Waals surface area contributed by atoms with Crippen molar-refractivity contribution in [1.82, 2.24) is 16.2 Å². The molecule has 0 radical (unpaired) electrons. The Morgan fingerprint density at radius 2 is 1.59 bits per heavy atom. The van der Waals surface area contributed by atoms with Crippen LogP contribution in [-0.4, -0.2) is 16.9 Å². The highest BCUT2D eigenvalue weighted by molar-refractivity contribution is 7.80. The molecule has 0 aliphatic heterocycles. The van der Waals surface area contributed by atoms with Gasteiger partial charge in [0, 0.05) is 6.08 Å². The summed E-state index contributed by atoms with van der Waals surface area (Å²) in [6.45, 7) is 2.33. The average molecular weight is 446 g/mol. The fraction of sp³-hybridized carbons (Fsp3) is 0.0800. The maximum atomic E-state index is 12.6. The predicted molar refractivity (Wildman–Crippen MR) is 129 cm³/mol. The van der Waals surface area contributed by atoms with Crippen LogP contribution in [0.25, 0.3) is 6.08 Å². The van der Waals surface area contributed by atoms with Crippen molar-refractivity contribution in [2.24, 2.45) is 0 Å². The minimum absolute atomic E-state index is 0.0282. The van der Waals surface area contributed by atoms with Crippen LogP contribution in [0.1, 0.15) is 27.0 Å². The number of ether oxygens (including phenoxy) is 1. The number of rotatable bonds is 6. The lowest BCUT2D eigenvalue weighted by atomic mass is 10.1. The van der Waals surface area contributed by atoms with Gasteiger partial charge in [-0.2, -0.15) is 0 Å². The van der Waals surface area contributed by atoms with Crippen LogP contribution >= 0.6 is 12.2 Å². The van der Waals surface area contributed by atoms with Gasteiger partial charge in [-0.3, -0.25) is 25.8 Å². The molecule has 3 aromatic carbocycles. The fourth-order valence-corrected chi connectivity index (χ4v) is 2.88. The lowest BCUT2D eigenvalue weighted by Gasteiger charge is -2.13. The van der Waals surface area contributed by atoms with Gasteiger partial charge in [-0.25, -0.2) is 0 Å². The summed E-state index contributed by atoms with van der Waals surface area (Å²) < 4.78 is 5.80. The topological polar surface area (TPSA) is 79.5 Å². The Bertz CT molecular complexity index is 1110. The number of para-hydroxylation sites is 1.